The van der Waals surface area contributed by atoms with Gasteiger partial charge in [-0.25, -0.2) is 13.4 Å². The van der Waals surface area contributed by atoms with Crippen molar-refractivity contribution < 1.29 is 13.2 Å². The van der Waals surface area contributed by atoms with E-state index in [4.69, 9.17) is 4.74 Å². The van der Waals surface area contributed by atoms with Crippen LogP contribution in [0.3, 0.4) is 0 Å². The van der Waals surface area contributed by atoms with Gasteiger partial charge in [0, 0.05) is 37.7 Å². The predicted octanol–water partition coefficient (Wildman–Crippen LogP) is 2.14. The van der Waals surface area contributed by atoms with Crippen LogP contribution in [0.25, 0.3) is 0 Å². The molecule has 2 aromatic rings. The van der Waals surface area contributed by atoms with Crippen molar-refractivity contribution in [1.82, 2.24) is 9.29 Å². The number of nitrogens with one attached hydrogen (secondary N) is 1. The molecular formula is C19H23N3O3S. The van der Waals surface area contributed by atoms with E-state index < -0.39 is 10.0 Å². The van der Waals surface area contributed by atoms with Crippen molar-refractivity contribution in [3.8, 4) is 0 Å². The first-order valence-corrected chi connectivity index (χ1v) is 10.3. The minimum atomic E-state index is -3.47. The maximum absolute atomic E-state index is 12.9. The maximum Gasteiger partial charge on any atom is 0.243 e. The van der Waals surface area contributed by atoms with Crippen LogP contribution < -0.4 is 5.32 Å². The van der Waals surface area contributed by atoms with Gasteiger partial charge in [0.25, 0.3) is 0 Å². The van der Waals surface area contributed by atoms with Crippen LogP contribution in [0, 0.1) is 18.8 Å². The number of aromatic nitrogens is 1. The zero-order chi connectivity index (χ0) is 18.1. The highest BCUT2D eigenvalue weighted by molar-refractivity contribution is 7.89. The van der Waals surface area contributed by atoms with E-state index in [-0.39, 0.29) is 17.9 Å². The van der Waals surface area contributed by atoms with Gasteiger partial charge in [-0.05, 0) is 31.2 Å². The average Bonchev–Trinajstić information content (AvgIpc) is 3.23. The van der Waals surface area contributed by atoms with Gasteiger partial charge in [-0.2, -0.15) is 4.31 Å². The fraction of sp³-hybridized carbons (Fsp3) is 0.421. The third-order valence-corrected chi connectivity index (χ3v) is 7.12. The summed E-state index contributed by atoms with van der Waals surface area (Å²) in [6.07, 6.45) is 1.73. The van der Waals surface area contributed by atoms with Crippen LogP contribution in [-0.4, -0.2) is 50.1 Å². The fourth-order valence-corrected chi connectivity index (χ4v) is 5.22. The summed E-state index contributed by atoms with van der Waals surface area (Å²) in [5.74, 6) is 1.32. The SMILES string of the molecule is Cc1ccc(S(=O)(=O)N2C[C@H]3[C@H](CNc4ccccn4)CO[C@H]3C2)cc1. The molecule has 0 saturated carbocycles. The van der Waals surface area contributed by atoms with Crippen LogP contribution in [0.2, 0.25) is 0 Å². The lowest BCUT2D eigenvalue weighted by molar-refractivity contribution is 0.104. The van der Waals surface area contributed by atoms with Crippen LogP contribution in [-0.2, 0) is 14.8 Å². The topological polar surface area (TPSA) is 71.5 Å². The number of hydrogen-bond acceptors (Lipinski definition) is 5. The molecular weight excluding hydrogens is 350 g/mol. The molecule has 2 aliphatic rings. The molecule has 1 aromatic heterocycles. The molecule has 3 atom stereocenters. The van der Waals surface area contributed by atoms with Gasteiger partial charge in [-0.1, -0.05) is 23.8 Å². The molecule has 4 rings (SSSR count). The second kappa shape index (κ2) is 6.98. The Labute approximate surface area is 154 Å². The monoisotopic (exact) mass is 373 g/mol. The van der Waals surface area contributed by atoms with Crippen molar-refractivity contribution in [2.24, 2.45) is 11.8 Å². The van der Waals surface area contributed by atoms with E-state index >= 15 is 0 Å². The third kappa shape index (κ3) is 3.34. The van der Waals surface area contributed by atoms with Crippen LogP contribution in [0.15, 0.2) is 53.6 Å². The molecule has 0 amide bonds. The molecule has 26 heavy (non-hydrogen) atoms. The van der Waals surface area contributed by atoms with Crippen molar-refractivity contribution in [3.63, 3.8) is 0 Å². The molecule has 7 heteroatoms. The Bertz CT molecular complexity index is 855. The zero-order valence-electron chi connectivity index (χ0n) is 14.7. The van der Waals surface area contributed by atoms with Crippen molar-refractivity contribution in [1.29, 1.82) is 0 Å². The van der Waals surface area contributed by atoms with E-state index in [0.29, 0.717) is 24.6 Å². The first-order valence-electron chi connectivity index (χ1n) is 8.87. The van der Waals surface area contributed by atoms with Gasteiger partial charge < -0.3 is 10.1 Å². The Morgan fingerprint density at radius 3 is 2.73 bits per heavy atom. The number of rotatable bonds is 5. The molecule has 3 heterocycles. The molecule has 0 unspecified atom stereocenters. The number of pyridine rings is 1. The second-order valence-corrected chi connectivity index (χ2v) is 8.96. The van der Waals surface area contributed by atoms with Gasteiger partial charge in [-0.15, -0.1) is 0 Å². The number of ether oxygens (including phenoxy) is 1. The summed E-state index contributed by atoms with van der Waals surface area (Å²) >= 11 is 0. The largest absolute Gasteiger partial charge is 0.376 e. The highest BCUT2D eigenvalue weighted by Crippen LogP contribution is 2.36. The van der Waals surface area contributed by atoms with Crippen LogP contribution in [0.5, 0.6) is 0 Å². The first kappa shape index (κ1) is 17.5. The Hall–Kier alpha value is -1.96. The number of aryl methyl sites for hydroxylation is 1. The zero-order valence-corrected chi connectivity index (χ0v) is 15.5. The number of sulfonamides is 1. The minimum Gasteiger partial charge on any atom is -0.376 e. The van der Waals surface area contributed by atoms with E-state index in [0.717, 1.165) is 17.9 Å². The molecule has 2 fully saturated rings. The normalized spacial score (nSPS) is 26.0. The summed E-state index contributed by atoms with van der Waals surface area (Å²) in [6.45, 7) is 4.28. The van der Waals surface area contributed by atoms with Crippen molar-refractivity contribution >= 4 is 15.8 Å². The summed E-state index contributed by atoms with van der Waals surface area (Å²) in [4.78, 5) is 4.62. The molecule has 1 aromatic carbocycles. The van der Waals surface area contributed by atoms with Crippen LogP contribution in [0.1, 0.15) is 5.56 Å². The van der Waals surface area contributed by atoms with E-state index in [9.17, 15) is 8.42 Å². The molecule has 2 aliphatic heterocycles. The summed E-state index contributed by atoms with van der Waals surface area (Å²) in [6, 6.07) is 12.8. The highest BCUT2D eigenvalue weighted by atomic mass is 32.2. The van der Waals surface area contributed by atoms with E-state index in [1.165, 1.54) is 0 Å². The summed E-state index contributed by atoms with van der Waals surface area (Å²) in [5.41, 5.74) is 1.05. The highest BCUT2D eigenvalue weighted by Gasteiger charge is 2.47. The Balaban J connectivity index is 1.43. The van der Waals surface area contributed by atoms with Crippen molar-refractivity contribution in [2.75, 3.05) is 31.6 Å². The summed E-state index contributed by atoms with van der Waals surface area (Å²) in [7, 11) is -3.47. The second-order valence-electron chi connectivity index (χ2n) is 7.03. The Kier molecular flexibility index (Phi) is 4.69. The van der Waals surface area contributed by atoms with E-state index in [1.807, 2.05) is 37.3 Å². The predicted molar refractivity (Wildman–Crippen MR) is 99.4 cm³/mol. The van der Waals surface area contributed by atoms with Gasteiger partial charge in [0.2, 0.25) is 10.0 Å². The Morgan fingerprint density at radius 1 is 1.19 bits per heavy atom. The van der Waals surface area contributed by atoms with Crippen molar-refractivity contribution in [3.05, 3.63) is 54.2 Å². The maximum atomic E-state index is 12.9. The van der Waals surface area contributed by atoms with Crippen molar-refractivity contribution in [2.45, 2.75) is 17.9 Å². The number of hydrogen-bond donors (Lipinski definition) is 1. The summed E-state index contributed by atoms with van der Waals surface area (Å²) < 4.78 is 33.3. The molecule has 0 bridgehead atoms. The first-order chi connectivity index (χ1) is 12.5. The molecule has 1 N–H and O–H groups in total. The van der Waals surface area contributed by atoms with Crippen LogP contribution >= 0.6 is 0 Å². The molecule has 138 valence electrons. The van der Waals surface area contributed by atoms with E-state index in [2.05, 4.69) is 10.3 Å². The third-order valence-electron chi connectivity index (χ3n) is 5.27. The van der Waals surface area contributed by atoms with Gasteiger partial charge in [-0.3, -0.25) is 0 Å². The van der Waals surface area contributed by atoms with Gasteiger partial charge in [0.05, 0.1) is 17.6 Å². The van der Waals surface area contributed by atoms with Gasteiger partial charge in [0.15, 0.2) is 0 Å². The molecule has 0 radical (unpaired) electrons. The molecule has 6 nitrogen and oxygen atoms in total. The smallest absolute Gasteiger partial charge is 0.243 e. The Morgan fingerprint density at radius 2 is 2.00 bits per heavy atom. The van der Waals surface area contributed by atoms with Gasteiger partial charge >= 0.3 is 0 Å². The molecule has 0 aliphatic carbocycles. The van der Waals surface area contributed by atoms with Crippen LogP contribution in [0.4, 0.5) is 5.82 Å². The number of nitrogens with zero attached hydrogens (tertiary/aromatic N) is 2. The minimum absolute atomic E-state index is 0.0224. The van der Waals surface area contributed by atoms with E-state index in [1.54, 1.807) is 22.6 Å². The summed E-state index contributed by atoms with van der Waals surface area (Å²) in [5, 5.41) is 3.33. The number of fused-ring (bicyclic) bond motifs is 1. The number of benzene rings is 1. The lowest BCUT2D eigenvalue weighted by atomic mass is 9.93. The lowest BCUT2D eigenvalue weighted by Crippen LogP contribution is -2.32. The molecule has 0 spiro atoms. The fourth-order valence-electron chi connectivity index (χ4n) is 3.73. The lowest BCUT2D eigenvalue weighted by Gasteiger charge is -2.20. The quantitative estimate of drug-likeness (QED) is 0.869. The number of anilines is 1. The standard InChI is InChI=1S/C19H23N3O3S/c1-14-5-7-16(8-6-14)26(23,24)22-11-17-15(13-25-18(17)12-22)10-21-19-4-2-3-9-20-19/h2-9,15,17-18H,10-13H2,1H3,(H,20,21)/t15-,17+,18+/m1/s1. The average molecular weight is 373 g/mol. The molecule has 2 saturated heterocycles. The van der Waals surface area contributed by atoms with Gasteiger partial charge in [0.1, 0.15) is 5.82 Å².